The molecule has 1 saturated heterocycles. The van der Waals surface area contributed by atoms with Crippen LogP contribution in [0.4, 0.5) is 0 Å². The van der Waals surface area contributed by atoms with Crippen LogP contribution in [0.25, 0.3) is 0 Å². The van der Waals surface area contributed by atoms with Crippen LogP contribution >= 0.6 is 0 Å². The van der Waals surface area contributed by atoms with E-state index in [0.717, 1.165) is 25.9 Å². The van der Waals surface area contributed by atoms with Gasteiger partial charge in [-0.05, 0) is 65.1 Å². The molecule has 0 spiro atoms. The van der Waals surface area contributed by atoms with Crippen LogP contribution in [0, 0.1) is 0 Å². The molecule has 1 aliphatic rings. The molecule has 0 aromatic carbocycles. The molecule has 37 heavy (non-hydrogen) atoms. The van der Waals surface area contributed by atoms with E-state index >= 15 is 0 Å². The summed E-state index contributed by atoms with van der Waals surface area (Å²) in [6.07, 6.45) is 17.8. The van der Waals surface area contributed by atoms with Gasteiger partial charge in [0.05, 0.1) is 12.2 Å². The highest BCUT2D eigenvalue weighted by Crippen LogP contribution is 2.38. The summed E-state index contributed by atoms with van der Waals surface area (Å²) in [6, 6.07) is 0. The summed E-state index contributed by atoms with van der Waals surface area (Å²) in [5.41, 5.74) is 0. The largest absolute Gasteiger partial charge is 0.411 e. The summed E-state index contributed by atoms with van der Waals surface area (Å²) < 4.78 is 30.5. The molecular formula is C31H62O5Si. The third-order valence-corrected chi connectivity index (χ3v) is 12.2. The van der Waals surface area contributed by atoms with Crippen LogP contribution in [-0.2, 0) is 23.4 Å². The SMILES string of the molecule is CCCCC[C@H]1OC(C)(C)O[C@@H]1/C=C/[C@@H](CCCCCCCCOC(C)OCC)O[Si](C)(C)C(C)(C)C. The van der Waals surface area contributed by atoms with E-state index in [0.29, 0.717) is 6.61 Å². The Morgan fingerprint density at radius 3 is 2.16 bits per heavy atom. The smallest absolute Gasteiger partial charge is 0.192 e. The molecule has 0 bridgehead atoms. The molecule has 1 fully saturated rings. The summed E-state index contributed by atoms with van der Waals surface area (Å²) in [5, 5.41) is 0.193. The fourth-order valence-electron chi connectivity index (χ4n) is 4.51. The van der Waals surface area contributed by atoms with Crippen molar-refractivity contribution in [3.8, 4) is 0 Å². The van der Waals surface area contributed by atoms with E-state index in [1.807, 2.05) is 27.7 Å². The summed E-state index contributed by atoms with van der Waals surface area (Å²) in [6.45, 7) is 23.4. The molecule has 6 heteroatoms. The van der Waals surface area contributed by atoms with Crippen molar-refractivity contribution in [1.29, 1.82) is 0 Å². The van der Waals surface area contributed by atoms with Gasteiger partial charge in [-0.3, -0.25) is 0 Å². The summed E-state index contributed by atoms with van der Waals surface area (Å²) in [5.74, 6) is -0.520. The Bertz CT molecular complexity index is 613. The molecule has 220 valence electrons. The summed E-state index contributed by atoms with van der Waals surface area (Å²) >= 11 is 0. The standard InChI is InChI=1S/C31H62O5Si/c1-11-13-18-22-28-29(35-31(7,8)34-28)24-23-27(36-37(9,10)30(4,5)6)21-19-16-14-15-17-20-25-33-26(3)32-12-2/h23-24,26-29H,11-22,25H2,1-10H3/b24-23+/t26?,27-,28-,29-/m1/s1. The van der Waals surface area contributed by atoms with E-state index in [2.05, 4.69) is 52.9 Å². The summed E-state index contributed by atoms with van der Waals surface area (Å²) in [4.78, 5) is 0. The Kier molecular flexibility index (Phi) is 16.4. The van der Waals surface area contributed by atoms with Crippen molar-refractivity contribution in [2.75, 3.05) is 13.2 Å². The van der Waals surface area contributed by atoms with Crippen molar-refractivity contribution in [1.82, 2.24) is 0 Å². The minimum Gasteiger partial charge on any atom is -0.411 e. The summed E-state index contributed by atoms with van der Waals surface area (Å²) in [7, 11) is -1.87. The Hall–Kier alpha value is -0.243. The Balaban J connectivity index is 2.59. The molecule has 0 aromatic rings. The third-order valence-electron chi connectivity index (χ3n) is 7.72. The van der Waals surface area contributed by atoms with Crippen molar-refractivity contribution in [3.05, 3.63) is 12.2 Å². The minimum absolute atomic E-state index is 0.00466. The zero-order valence-electron chi connectivity index (χ0n) is 26.2. The highest BCUT2D eigenvalue weighted by Gasteiger charge is 2.41. The number of unbranched alkanes of at least 4 members (excludes halogenated alkanes) is 7. The second-order valence-electron chi connectivity index (χ2n) is 12.7. The van der Waals surface area contributed by atoms with Crippen LogP contribution in [0.3, 0.4) is 0 Å². The van der Waals surface area contributed by atoms with Gasteiger partial charge in [-0.2, -0.15) is 0 Å². The van der Waals surface area contributed by atoms with Gasteiger partial charge in [0, 0.05) is 13.2 Å². The Morgan fingerprint density at radius 1 is 0.892 bits per heavy atom. The zero-order chi connectivity index (χ0) is 28.0. The molecule has 1 heterocycles. The first-order valence-corrected chi connectivity index (χ1v) is 18.2. The van der Waals surface area contributed by atoms with Crippen molar-refractivity contribution in [3.63, 3.8) is 0 Å². The number of ether oxygens (including phenoxy) is 4. The molecule has 5 nitrogen and oxygen atoms in total. The molecular weight excluding hydrogens is 480 g/mol. The quantitative estimate of drug-likeness (QED) is 0.0664. The first-order valence-electron chi connectivity index (χ1n) is 15.3. The van der Waals surface area contributed by atoms with Crippen molar-refractivity contribution >= 4 is 8.32 Å². The lowest BCUT2D eigenvalue weighted by Gasteiger charge is -2.38. The van der Waals surface area contributed by atoms with Gasteiger partial charge in [-0.15, -0.1) is 0 Å². The van der Waals surface area contributed by atoms with E-state index in [4.69, 9.17) is 23.4 Å². The van der Waals surface area contributed by atoms with Gasteiger partial charge in [0.25, 0.3) is 0 Å². The van der Waals surface area contributed by atoms with Gasteiger partial charge in [-0.25, -0.2) is 0 Å². The van der Waals surface area contributed by atoms with Crippen LogP contribution in [-0.4, -0.2) is 51.9 Å². The number of hydrogen-bond acceptors (Lipinski definition) is 5. The maximum atomic E-state index is 6.88. The fourth-order valence-corrected chi connectivity index (χ4v) is 5.82. The minimum atomic E-state index is -1.87. The first kappa shape index (κ1) is 34.8. The van der Waals surface area contributed by atoms with Gasteiger partial charge < -0.3 is 23.4 Å². The van der Waals surface area contributed by atoms with E-state index in [-0.39, 0.29) is 29.6 Å². The van der Waals surface area contributed by atoms with Crippen LogP contribution < -0.4 is 0 Å². The van der Waals surface area contributed by atoms with Gasteiger partial charge in [-0.1, -0.05) is 91.2 Å². The normalized spacial score (nSPS) is 22.1. The predicted molar refractivity (Wildman–Crippen MR) is 159 cm³/mol. The van der Waals surface area contributed by atoms with Gasteiger partial charge in [0.15, 0.2) is 20.4 Å². The second kappa shape index (κ2) is 17.4. The molecule has 1 unspecified atom stereocenters. The molecule has 0 aliphatic carbocycles. The van der Waals surface area contributed by atoms with Crippen LogP contribution in [0.5, 0.6) is 0 Å². The van der Waals surface area contributed by atoms with Crippen molar-refractivity contribution in [2.45, 2.75) is 175 Å². The van der Waals surface area contributed by atoms with E-state index in [9.17, 15) is 0 Å². The molecule has 0 N–H and O–H groups in total. The topological polar surface area (TPSA) is 46.2 Å². The molecule has 0 amide bonds. The van der Waals surface area contributed by atoms with Crippen LogP contribution in [0.2, 0.25) is 18.1 Å². The maximum Gasteiger partial charge on any atom is 0.192 e. The van der Waals surface area contributed by atoms with Crippen molar-refractivity contribution < 1.29 is 23.4 Å². The molecule has 0 aromatic heterocycles. The average molecular weight is 543 g/mol. The monoisotopic (exact) mass is 542 g/mol. The lowest BCUT2D eigenvalue weighted by atomic mass is 10.0. The van der Waals surface area contributed by atoms with Gasteiger partial charge >= 0.3 is 0 Å². The zero-order valence-corrected chi connectivity index (χ0v) is 27.2. The van der Waals surface area contributed by atoms with E-state index in [1.165, 1.54) is 51.4 Å². The average Bonchev–Trinajstić information content (AvgIpc) is 3.08. The lowest BCUT2D eigenvalue weighted by Crippen LogP contribution is -2.43. The highest BCUT2D eigenvalue weighted by molar-refractivity contribution is 6.74. The van der Waals surface area contributed by atoms with Gasteiger partial charge in [0.2, 0.25) is 0 Å². The Morgan fingerprint density at radius 2 is 1.54 bits per heavy atom. The fraction of sp³-hybridized carbons (Fsp3) is 0.935. The maximum absolute atomic E-state index is 6.88. The van der Waals surface area contributed by atoms with E-state index in [1.54, 1.807) is 0 Å². The number of hydrogen-bond donors (Lipinski definition) is 0. The van der Waals surface area contributed by atoms with E-state index < -0.39 is 14.1 Å². The van der Waals surface area contributed by atoms with Gasteiger partial charge in [0.1, 0.15) is 6.10 Å². The highest BCUT2D eigenvalue weighted by atomic mass is 28.4. The molecule has 4 atom stereocenters. The van der Waals surface area contributed by atoms with Crippen molar-refractivity contribution in [2.24, 2.45) is 0 Å². The molecule has 1 rings (SSSR count). The number of rotatable bonds is 20. The first-order chi connectivity index (χ1) is 17.3. The molecule has 1 aliphatic heterocycles. The second-order valence-corrected chi connectivity index (χ2v) is 17.5. The lowest BCUT2D eigenvalue weighted by molar-refractivity contribution is -0.143. The van der Waals surface area contributed by atoms with Crippen LogP contribution in [0.1, 0.15) is 126 Å². The molecule has 0 saturated carbocycles. The van der Waals surface area contributed by atoms with Crippen LogP contribution in [0.15, 0.2) is 12.2 Å². The third kappa shape index (κ3) is 14.6. The molecule has 0 radical (unpaired) electrons. The Labute approximate surface area is 231 Å². The predicted octanol–water partition coefficient (Wildman–Crippen LogP) is 9.16.